The lowest BCUT2D eigenvalue weighted by molar-refractivity contribution is -0.385. The topological polar surface area (TPSA) is 65.3 Å². The van der Waals surface area contributed by atoms with Gasteiger partial charge in [0.15, 0.2) is 0 Å². The molecule has 5 nitrogen and oxygen atoms in total. The van der Waals surface area contributed by atoms with Crippen molar-refractivity contribution in [2.75, 3.05) is 0 Å². The molecule has 4 rings (SSSR count). The third-order valence-electron chi connectivity index (χ3n) is 5.57. The van der Waals surface area contributed by atoms with E-state index in [9.17, 15) is 10.1 Å². The summed E-state index contributed by atoms with van der Waals surface area (Å²) in [6, 6.07) is 16.9. The summed E-state index contributed by atoms with van der Waals surface area (Å²) < 4.78 is 6.97. The summed E-state index contributed by atoms with van der Waals surface area (Å²) in [5, 5.41) is 12.6. The van der Waals surface area contributed by atoms with Gasteiger partial charge < -0.3 is 4.74 Å². The maximum absolute atomic E-state index is 11.7. The van der Waals surface area contributed by atoms with Crippen molar-refractivity contribution in [1.82, 2.24) is 4.98 Å². The highest BCUT2D eigenvalue weighted by Gasteiger charge is 2.18. The second-order valence-corrected chi connectivity index (χ2v) is 10.2. The van der Waals surface area contributed by atoms with Crippen LogP contribution < -0.4 is 4.74 Å². The molecule has 0 aliphatic heterocycles. The zero-order valence-corrected chi connectivity index (χ0v) is 20.2. The van der Waals surface area contributed by atoms with Gasteiger partial charge in [0.2, 0.25) is 5.75 Å². The van der Waals surface area contributed by atoms with E-state index < -0.39 is 4.92 Å². The number of hydrogen-bond donors (Lipinski definition) is 0. The minimum Gasteiger partial charge on any atom is -0.450 e. The number of aromatic nitrogens is 1. The Morgan fingerprint density at radius 1 is 0.970 bits per heavy atom. The second-order valence-electron chi connectivity index (χ2n) is 9.15. The predicted octanol–water partition coefficient (Wildman–Crippen LogP) is 8.08. The molecular formula is C27H26N2O3S. The number of hydrogen-bond acceptors (Lipinski definition) is 5. The van der Waals surface area contributed by atoms with Crippen molar-refractivity contribution in [3.63, 3.8) is 0 Å². The highest BCUT2D eigenvalue weighted by molar-refractivity contribution is 7.19. The molecule has 0 saturated carbocycles. The van der Waals surface area contributed by atoms with E-state index in [0.717, 1.165) is 15.2 Å². The number of nitro groups is 1. The Morgan fingerprint density at radius 2 is 1.67 bits per heavy atom. The molecule has 168 valence electrons. The molecule has 1 heterocycles. The van der Waals surface area contributed by atoms with E-state index in [2.05, 4.69) is 51.7 Å². The molecule has 0 aliphatic carbocycles. The van der Waals surface area contributed by atoms with Gasteiger partial charge in [-0.3, -0.25) is 10.1 Å². The number of nitrogens with zero attached hydrogens (tertiary/aromatic N) is 2. The van der Waals surface area contributed by atoms with Crippen LogP contribution in [-0.2, 0) is 5.41 Å². The third kappa shape index (κ3) is 5.12. The smallest absolute Gasteiger partial charge is 0.312 e. The quantitative estimate of drug-likeness (QED) is 0.224. The highest BCUT2D eigenvalue weighted by atomic mass is 32.1. The first-order valence-electron chi connectivity index (χ1n) is 10.7. The van der Waals surface area contributed by atoms with Crippen molar-refractivity contribution in [3.8, 4) is 11.5 Å². The molecule has 0 unspecified atom stereocenters. The van der Waals surface area contributed by atoms with Crippen LogP contribution in [0.15, 0.2) is 54.6 Å². The molecule has 1 aromatic heterocycles. The van der Waals surface area contributed by atoms with Crippen LogP contribution in [0.25, 0.3) is 22.4 Å². The van der Waals surface area contributed by atoms with Crippen LogP contribution in [0.1, 0.15) is 48.0 Å². The number of nitro benzene ring substituents is 1. The van der Waals surface area contributed by atoms with E-state index in [-0.39, 0.29) is 16.9 Å². The van der Waals surface area contributed by atoms with Crippen molar-refractivity contribution < 1.29 is 9.66 Å². The fourth-order valence-corrected chi connectivity index (χ4v) is 4.40. The van der Waals surface area contributed by atoms with Crippen LogP contribution in [0.2, 0.25) is 0 Å². The average Bonchev–Trinajstić information content (AvgIpc) is 3.14. The highest BCUT2D eigenvalue weighted by Crippen LogP contribution is 2.34. The van der Waals surface area contributed by atoms with Gasteiger partial charge in [0.05, 0.1) is 15.1 Å². The van der Waals surface area contributed by atoms with Gasteiger partial charge in [-0.05, 0) is 77.9 Å². The van der Waals surface area contributed by atoms with Crippen molar-refractivity contribution in [3.05, 3.63) is 92.0 Å². The second kappa shape index (κ2) is 8.79. The summed E-state index contributed by atoms with van der Waals surface area (Å²) in [5.41, 5.74) is 5.25. The summed E-state index contributed by atoms with van der Waals surface area (Å²) >= 11 is 1.60. The van der Waals surface area contributed by atoms with Gasteiger partial charge in [-0.15, -0.1) is 11.3 Å². The first-order chi connectivity index (χ1) is 15.6. The fourth-order valence-electron chi connectivity index (χ4n) is 3.45. The van der Waals surface area contributed by atoms with Crippen molar-refractivity contribution in [2.45, 2.75) is 40.0 Å². The van der Waals surface area contributed by atoms with Crippen LogP contribution in [0, 0.1) is 24.0 Å². The zero-order chi connectivity index (χ0) is 23.8. The Labute approximate surface area is 197 Å². The van der Waals surface area contributed by atoms with Crippen LogP contribution in [0.4, 0.5) is 5.69 Å². The van der Waals surface area contributed by atoms with Gasteiger partial charge in [0.1, 0.15) is 10.8 Å². The van der Waals surface area contributed by atoms with Gasteiger partial charge >= 0.3 is 5.69 Å². The lowest BCUT2D eigenvalue weighted by Crippen LogP contribution is -2.10. The lowest BCUT2D eigenvalue weighted by Gasteiger charge is -2.19. The number of aryl methyl sites for hydroxylation is 2. The maximum Gasteiger partial charge on any atom is 0.312 e. The molecule has 33 heavy (non-hydrogen) atoms. The van der Waals surface area contributed by atoms with E-state index in [4.69, 9.17) is 4.74 Å². The molecule has 3 aromatic carbocycles. The standard InChI is InChI=1S/C27H26N2O3S/c1-17-14-22-25(15-18(17)2)33-26(28-22)13-7-19-6-12-24(23(16-19)29(30)31)32-21-10-8-20(9-11-21)27(3,4)5/h6-16H,1-5H3/b13-7+. The monoisotopic (exact) mass is 458 g/mol. The van der Waals surface area contributed by atoms with Crippen LogP contribution in [0.5, 0.6) is 11.5 Å². The Hall–Kier alpha value is -3.51. The molecule has 0 amide bonds. The lowest BCUT2D eigenvalue weighted by atomic mass is 9.87. The molecule has 0 bridgehead atoms. The summed E-state index contributed by atoms with van der Waals surface area (Å²) in [4.78, 5) is 15.9. The van der Waals surface area contributed by atoms with Gasteiger partial charge in [0, 0.05) is 6.07 Å². The normalized spacial score (nSPS) is 11.9. The molecule has 0 saturated heterocycles. The third-order valence-corrected chi connectivity index (χ3v) is 6.55. The van der Waals surface area contributed by atoms with E-state index in [1.54, 1.807) is 17.4 Å². The largest absolute Gasteiger partial charge is 0.450 e. The zero-order valence-electron chi connectivity index (χ0n) is 19.4. The summed E-state index contributed by atoms with van der Waals surface area (Å²) in [6.07, 6.45) is 3.73. The van der Waals surface area contributed by atoms with Crippen LogP contribution in [-0.4, -0.2) is 9.91 Å². The maximum atomic E-state index is 11.7. The summed E-state index contributed by atoms with van der Waals surface area (Å²) in [5.74, 6) is 0.779. The first kappa shape index (κ1) is 22.7. The minimum absolute atomic E-state index is 0.0272. The number of fused-ring (bicyclic) bond motifs is 1. The Kier molecular flexibility index (Phi) is 6.04. The minimum atomic E-state index is -0.417. The molecule has 0 radical (unpaired) electrons. The molecule has 0 atom stereocenters. The number of benzene rings is 3. The Balaban J connectivity index is 1.57. The van der Waals surface area contributed by atoms with Crippen molar-refractivity contribution in [1.29, 1.82) is 0 Å². The molecule has 0 fully saturated rings. The van der Waals surface area contributed by atoms with E-state index >= 15 is 0 Å². The Bertz CT molecular complexity index is 1320. The van der Waals surface area contributed by atoms with E-state index in [1.165, 1.54) is 22.8 Å². The number of rotatable bonds is 5. The van der Waals surface area contributed by atoms with Crippen molar-refractivity contribution >= 4 is 39.4 Å². The fraction of sp³-hybridized carbons (Fsp3) is 0.222. The molecule has 0 N–H and O–H groups in total. The van der Waals surface area contributed by atoms with Crippen LogP contribution >= 0.6 is 11.3 Å². The average molecular weight is 459 g/mol. The Morgan fingerprint density at radius 3 is 2.33 bits per heavy atom. The van der Waals surface area contributed by atoms with Crippen LogP contribution in [0.3, 0.4) is 0 Å². The molecule has 6 heteroatoms. The SMILES string of the molecule is Cc1cc2nc(/C=C/c3ccc(Oc4ccc(C(C)(C)C)cc4)c([N+](=O)[O-])c3)sc2cc1C. The van der Waals surface area contributed by atoms with E-state index in [0.29, 0.717) is 11.3 Å². The number of thiazole rings is 1. The van der Waals surface area contributed by atoms with Gasteiger partial charge in [-0.2, -0.15) is 0 Å². The van der Waals surface area contributed by atoms with Gasteiger partial charge in [0.25, 0.3) is 0 Å². The summed E-state index contributed by atoms with van der Waals surface area (Å²) in [7, 11) is 0. The van der Waals surface area contributed by atoms with Gasteiger partial charge in [-0.1, -0.05) is 45.0 Å². The molecular weight excluding hydrogens is 432 g/mol. The van der Waals surface area contributed by atoms with Crippen molar-refractivity contribution in [2.24, 2.45) is 0 Å². The van der Waals surface area contributed by atoms with Gasteiger partial charge in [-0.25, -0.2) is 4.98 Å². The first-order valence-corrected chi connectivity index (χ1v) is 11.5. The molecule has 4 aromatic rings. The molecule has 0 spiro atoms. The summed E-state index contributed by atoms with van der Waals surface area (Å²) in [6.45, 7) is 10.6. The number of ether oxygens (including phenoxy) is 1. The molecule has 0 aliphatic rings. The predicted molar refractivity (Wildman–Crippen MR) is 136 cm³/mol. The van der Waals surface area contributed by atoms with E-state index in [1.807, 2.05) is 42.5 Å².